The van der Waals surface area contributed by atoms with E-state index in [0.29, 0.717) is 30.5 Å². The van der Waals surface area contributed by atoms with Gasteiger partial charge in [-0.3, -0.25) is 9.59 Å². The molecule has 0 saturated carbocycles. The monoisotopic (exact) mass is 562 g/mol. The van der Waals surface area contributed by atoms with Gasteiger partial charge >= 0.3 is 5.92 Å². The zero-order chi connectivity index (χ0) is 29.1. The third-order valence-corrected chi connectivity index (χ3v) is 7.33. The molecule has 0 unspecified atom stereocenters. The number of likely N-dealkylation sites (tertiary alicyclic amines) is 1. The average Bonchev–Trinajstić information content (AvgIpc) is 3.62. The number of aliphatic hydroxyl groups is 1. The van der Waals surface area contributed by atoms with Crippen LogP contribution in [0.2, 0.25) is 0 Å². The zero-order valence-corrected chi connectivity index (χ0v) is 22.8. The second kappa shape index (κ2) is 11.7. The number of benzene rings is 3. The maximum atomic E-state index is 13.6. The summed E-state index contributed by atoms with van der Waals surface area (Å²) in [6.45, 7) is 2.75. The number of rotatable bonds is 9. The number of amides is 2. The van der Waals surface area contributed by atoms with Crippen LogP contribution in [-0.4, -0.2) is 62.8 Å². The first kappa shape index (κ1) is 28.2. The summed E-state index contributed by atoms with van der Waals surface area (Å²) in [5, 5.41) is 17.3. The zero-order valence-electron chi connectivity index (χ0n) is 22.8. The number of nitrogens with one attached hydrogen (secondary N) is 1. The quantitative estimate of drug-likeness (QED) is 0.303. The molecular formula is C31H32F2N4O4. The summed E-state index contributed by atoms with van der Waals surface area (Å²) in [6.07, 6.45) is 2.61. The fraction of sp³-hybridized carbons (Fsp3) is 0.323. The van der Waals surface area contributed by atoms with Crippen molar-refractivity contribution in [2.24, 2.45) is 0 Å². The molecular weight excluding hydrogens is 530 g/mol. The van der Waals surface area contributed by atoms with Crippen LogP contribution >= 0.6 is 0 Å². The molecule has 2 N–H and O–H groups in total. The first-order valence-electron chi connectivity index (χ1n) is 13.6. The summed E-state index contributed by atoms with van der Waals surface area (Å²) in [4.78, 5) is 26.8. The Morgan fingerprint density at radius 3 is 2.63 bits per heavy atom. The van der Waals surface area contributed by atoms with Gasteiger partial charge in [0.25, 0.3) is 11.8 Å². The second-order valence-electron chi connectivity index (χ2n) is 10.4. The highest BCUT2D eigenvalue weighted by atomic mass is 19.3. The van der Waals surface area contributed by atoms with E-state index in [9.17, 15) is 23.5 Å². The van der Waals surface area contributed by atoms with Crippen LogP contribution in [0.15, 0.2) is 79.0 Å². The standard InChI is InChI=1S/C31H32F2N4O4/c1-20(35-30(40)31(2,32)33)28(21-8-4-3-5-9-21)41-26-13-14-27-23(17-26)18-34-37(27)24-11-6-10-22(16-24)29(39)36-15-7-12-25(36)19-38/h3-6,8-11,13-14,16-18,20,25,28,38H,7,12,15,19H2,1-2H3,(H,35,40)/t20-,25+,28-/m0/s1. The number of fused-ring (bicyclic) bond motifs is 1. The molecule has 0 aliphatic carbocycles. The van der Waals surface area contributed by atoms with Crippen molar-refractivity contribution in [2.75, 3.05) is 13.2 Å². The minimum absolute atomic E-state index is 0.0546. The molecule has 1 aliphatic heterocycles. The van der Waals surface area contributed by atoms with E-state index in [1.807, 2.05) is 42.5 Å². The first-order chi connectivity index (χ1) is 19.7. The Hall–Kier alpha value is -4.31. The number of alkyl halides is 2. The van der Waals surface area contributed by atoms with Crippen molar-refractivity contribution in [1.82, 2.24) is 20.0 Å². The Morgan fingerprint density at radius 1 is 1.12 bits per heavy atom. The molecule has 41 heavy (non-hydrogen) atoms. The van der Waals surface area contributed by atoms with Crippen LogP contribution < -0.4 is 10.1 Å². The fourth-order valence-corrected chi connectivity index (χ4v) is 5.18. The number of nitrogens with zero attached hydrogens (tertiary/aromatic N) is 3. The predicted molar refractivity (Wildman–Crippen MR) is 150 cm³/mol. The number of aromatic nitrogens is 2. The van der Waals surface area contributed by atoms with E-state index in [1.165, 1.54) is 0 Å². The van der Waals surface area contributed by atoms with E-state index in [-0.39, 0.29) is 18.6 Å². The number of carbonyl (C=O) groups excluding carboxylic acids is 2. The van der Waals surface area contributed by atoms with Crippen LogP contribution in [0.1, 0.15) is 48.7 Å². The molecule has 5 rings (SSSR count). The maximum Gasteiger partial charge on any atom is 0.321 e. The molecule has 1 aromatic heterocycles. The summed E-state index contributed by atoms with van der Waals surface area (Å²) in [6, 6.07) is 20.8. The summed E-state index contributed by atoms with van der Waals surface area (Å²) in [7, 11) is 0. The van der Waals surface area contributed by atoms with Gasteiger partial charge in [-0.05, 0) is 61.7 Å². The normalized spacial score (nSPS) is 16.9. The molecule has 0 spiro atoms. The van der Waals surface area contributed by atoms with Crippen LogP contribution in [0.25, 0.3) is 16.6 Å². The molecule has 0 radical (unpaired) electrons. The Bertz CT molecular complexity index is 1540. The van der Waals surface area contributed by atoms with E-state index < -0.39 is 24.0 Å². The van der Waals surface area contributed by atoms with Crippen molar-refractivity contribution < 1.29 is 28.2 Å². The van der Waals surface area contributed by atoms with Crippen molar-refractivity contribution in [3.63, 3.8) is 0 Å². The third-order valence-electron chi connectivity index (χ3n) is 7.33. The topological polar surface area (TPSA) is 96.7 Å². The molecule has 4 aromatic rings. The molecule has 0 bridgehead atoms. The molecule has 3 aromatic carbocycles. The summed E-state index contributed by atoms with van der Waals surface area (Å²) < 4.78 is 35.1. The Kier molecular flexibility index (Phi) is 8.03. The van der Waals surface area contributed by atoms with Gasteiger partial charge in [0.15, 0.2) is 0 Å². The van der Waals surface area contributed by atoms with Gasteiger partial charge in [-0.2, -0.15) is 13.9 Å². The summed E-state index contributed by atoms with van der Waals surface area (Å²) in [5.74, 6) is -4.53. The van der Waals surface area contributed by atoms with E-state index in [1.54, 1.807) is 53.0 Å². The maximum absolute atomic E-state index is 13.6. The Morgan fingerprint density at radius 2 is 1.90 bits per heavy atom. The SMILES string of the molecule is C[C@H](NC(=O)C(C)(F)F)[C@H](Oc1ccc2c(cnn2-c2cccc(C(=O)N3CCC[C@@H]3CO)c2)c1)c1ccccc1. The average molecular weight is 563 g/mol. The molecule has 1 fully saturated rings. The molecule has 10 heteroatoms. The smallest absolute Gasteiger partial charge is 0.321 e. The van der Waals surface area contributed by atoms with Crippen molar-refractivity contribution >= 4 is 22.7 Å². The largest absolute Gasteiger partial charge is 0.484 e. The van der Waals surface area contributed by atoms with Gasteiger partial charge < -0.3 is 20.1 Å². The van der Waals surface area contributed by atoms with Crippen molar-refractivity contribution in [2.45, 2.75) is 50.8 Å². The highest BCUT2D eigenvalue weighted by Crippen LogP contribution is 2.30. The van der Waals surface area contributed by atoms with E-state index in [0.717, 1.165) is 29.3 Å². The van der Waals surface area contributed by atoms with Gasteiger partial charge in [-0.15, -0.1) is 0 Å². The number of hydrogen-bond acceptors (Lipinski definition) is 5. The van der Waals surface area contributed by atoms with Crippen molar-refractivity contribution in [3.05, 3.63) is 90.1 Å². The minimum Gasteiger partial charge on any atom is -0.484 e. The van der Waals surface area contributed by atoms with E-state index in [4.69, 9.17) is 4.74 Å². The van der Waals surface area contributed by atoms with Crippen LogP contribution in [0.5, 0.6) is 5.75 Å². The van der Waals surface area contributed by atoms with E-state index >= 15 is 0 Å². The lowest BCUT2D eigenvalue weighted by atomic mass is 10.0. The van der Waals surface area contributed by atoms with Crippen LogP contribution in [0, 0.1) is 0 Å². The lowest BCUT2D eigenvalue weighted by molar-refractivity contribution is -0.144. The molecule has 2 amide bonds. The molecule has 8 nitrogen and oxygen atoms in total. The van der Waals surface area contributed by atoms with Gasteiger partial charge in [0.1, 0.15) is 11.9 Å². The first-order valence-corrected chi connectivity index (χ1v) is 13.6. The third kappa shape index (κ3) is 6.07. The number of carbonyl (C=O) groups is 2. The number of halogens is 2. The van der Waals surface area contributed by atoms with Gasteiger partial charge in [-0.1, -0.05) is 36.4 Å². The van der Waals surface area contributed by atoms with Gasteiger partial charge in [0.05, 0.1) is 36.1 Å². The minimum atomic E-state index is -3.51. The number of aliphatic hydroxyl groups excluding tert-OH is 1. The second-order valence-corrected chi connectivity index (χ2v) is 10.4. The molecule has 1 saturated heterocycles. The van der Waals surface area contributed by atoms with Crippen molar-refractivity contribution in [1.29, 1.82) is 0 Å². The Labute approximate surface area is 236 Å². The predicted octanol–water partition coefficient (Wildman–Crippen LogP) is 4.90. The lowest BCUT2D eigenvalue weighted by Crippen LogP contribution is -2.46. The molecule has 1 aliphatic rings. The lowest BCUT2D eigenvalue weighted by Gasteiger charge is -2.27. The van der Waals surface area contributed by atoms with Crippen molar-refractivity contribution in [3.8, 4) is 11.4 Å². The van der Waals surface area contributed by atoms with Crippen LogP contribution in [0.4, 0.5) is 8.78 Å². The summed E-state index contributed by atoms with van der Waals surface area (Å²) in [5.41, 5.74) is 2.72. The summed E-state index contributed by atoms with van der Waals surface area (Å²) >= 11 is 0. The van der Waals surface area contributed by atoms with Gasteiger partial charge in [-0.25, -0.2) is 4.68 Å². The number of hydrogen-bond donors (Lipinski definition) is 2. The number of ether oxygens (including phenoxy) is 1. The van der Waals surface area contributed by atoms with Gasteiger partial charge in [0, 0.05) is 24.4 Å². The van der Waals surface area contributed by atoms with Crippen LogP contribution in [0.3, 0.4) is 0 Å². The fourth-order valence-electron chi connectivity index (χ4n) is 5.18. The van der Waals surface area contributed by atoms with Crippen LogP contribution in [-0.2, 0) is 4.79 Å². The Balaban J connectivity index is 1.40. The highest BCUT2D eigenvalue weighted by Gasteiger charge is 2.35. The van der Waals surface area contributed by atoms with E-state index in [2.05, 4.69) is 10.4 Å². The molecule has 3 atom stereocenters. The highest BCUT2D eigenvalue weighted by molar-refractivity contribution is 5.95. The molecule has 214 valence electrons. The molecule has 2 heterocycles. The van der Waals surface area contributed by atoms with Gasteiger partial charge in [0.2, 0.25) is 0 Å².